The molecule has 0 saturated heterocycles. The molecule has 0 saturated carbocycles. The second kappa shape index (κ2) is 6.30. The zero-order valence-electron chi connectivity index (χ0n) is 11.6. The van der Waals surface area contributed by atoms with Crippen LogP contribution in [0.25, 0.3) is 0 Å². The molecule has 8 heteroatoms. The number of thiophene rings is 1. The molecule has 114 valence electrons. The highest BCUT2D eigenvalue weighted by atomic mass is 32.1. The van der Waals surface area contributed by atoms with Crippen molar-refractivity contribution in [2.24, 2.45) is 0 Å². The van der Waals surface area contributed by atoms with E-state index in [1.807, 2.05) is 17.5 Å². The van der Waals surface area contributed by atoms with Gasteiger partial charge in [0.05, 0.1) is 0 Å². The fourth-order valence-electron chi connectivity index (χ4n) is 1.73. The largest absolute Gasteiger partial charge is 0.433 e. The summed E-state index contributed by atoms with van der Waals surface area (Å²) >= 11 is 1.62. The molecule has 4 nitrogen and oxygen atoms in total. The number of alkyl halides is 3. The summed E-state index contributed by atoms with van der Waals surface area (Å²) in [6.45, 7) is 0.581. The Kier molecular flexibility index (Phi) is 4.66. The fourth-order valence-corrected chi connectivity index (χ4v) is 2.43. The summed E-state index contributed by atoms with van der Waals surface area (Å²) in [7, 11) is 3.21. The number of hydrogen-bond donors (Lipinski definition) is 1. The molecule has 2 heterocycles. The molecule has 0 spiro atoms. The van der Waals surface area contributed by atoms with Crippen molar-refractivity contribution >= 4 is 23.1 Å². The van der Waals surface area contributed by atoms with Crippen LogP contribution in [0.2, 0.25) is 0 Å². The lowest BCUT2D eigenvalue weighted by Crippen LogP contribution is -2.23. The predicted molar refractivity (Wildman–Crippen MR) is 77.9 cm³/mol. The summed E-state index contributed by atoms with van der Waals surface area (Å²) in [5, 5.41) is 4.53. The zero-order chi connectivity index (χ0) is 15.5. The van der Waals surface area contributed by atoms with Crippen LogP contribution in [0.1, 0.15) is 10.6 Å². The van der Waals surface area contributed by atoms with E-state index in [0.717, 1.165) is 12.5 Å². The molecule has 0 atom stereocenters. The maximum absolute atomic E-state index is 12.8. The molecule has 2 aromatic heterocycles. The number of rotatable bonds is 5. The first kappa shape index (κ1) is 15.6. The number of likely N-dealkylation sites (N-methyl/N-ethyl adjacent to an activating group) is 1. The van der Waals surface area contributed by atoms with E-state index < -0.39 is 11.9 Å². The van der Waals surface area contributed by atoms with Crippen LogP contribution in [-0.2, 0) is 12.6 Å². The van der Waals surface area contributed by atoms with Gasteiger partial charge in [-0.2, -0.15) is 18.2 Å². The van der Waals surface area contributed by atoms with Crippen LogP contribution in [0.5, 0.6) is 0 Å². The van der Waals surface area contributed by atoms with Gasteiger partial charge in [-0.3, -0.25) is 0 Å². The SMILES string of the molecule is CNc1nc(N(C)CCc2cccs2)cc(C(F)(F)F)n1. The van der Waals surface area contributed by atoms with E-state index in [0.29, 0.717) is 6.54 Å². The Morgan fingerprint density at radius 1 is 1.33 bits per heavy atom. The fraction of sp³-hybridized carbons (Fsp3) is 0.385. The number of nitrogens with zero attached hydrogens (tertiary/aromatic N) is 3. The molecular formula is C13H15F3N4S. The van der Waals surface area contributed by atoms with Crippen LogP contribution >= 0.6 is 11.3 Å². The van der Waals surface area contributed by atoms with Crippen LogP contribution < -0.4 is 10.2 Å². The Morgan fingerprint density at radius 3 is 2.67 bits per heavy atom. The monoisotopic (exact) mass is 316 g/mol. The molecule has 2 rings (SSSR count). The Labute approximate surface area is 124 Å². The highest BCUT2D eigenvalue weighted by molar-refractivity contribution is 7.09. The van der Waals surface area contributed by atoms with E-state index >= 15 is 0 Å². The lowest BCUT2D eigenvalue weighted by atomic mass is 10.3. The first-order chi connectivity index (χ1) is 9.90. The minimum Gasteiger partial charge on any atom is -0.359 e. The van der Waals surface area contributed by atoms with Gasteiger partial charge in [0.2, 0.25) is 5.95 Å². The quantitative estimate of drug-likeness (QED) is 0.919. The average molecular weight is 316 g/mol. The number of anilines is 2. The van der Waals surface area contributed by atoms with Crippen molar-refractivity contribution in [1.29, 1.82) is 0 Å². The summed E-state index contributed by atoms with van der Waals surface area (Å²) in [6, 6.07) is 4.92. The van der Waals surface area contributed by atoms with Crippen LogP contribution in [0.15, 0.2) is 23.6 Å². The minimum absolute atomic E-state index is 0.0391. The molecule has 0 aromatic carbocycles. The average Bonchev–Trinajstić information content (AvgIpc) is 2.96. The lowest BCUT2D eigenvalue weighted by molar-refractivity contribution is -0.141. The maximum Gasteiger partial charge on any atom is 0.433 e. The number of hydrogen-bond acceptors (Lipinski definition) is 5. The van der Waals surface area contributed by atoms with Gasteiger partial charge in [-0.05, 0) is 17.9 Å². The molecule has 0 radical (unpaired) electrons. The molecule has 0 aliphatic rings. The van der Waals surface area contributed by atoms with Gasteiger partial charge in [-0.1, -0.05) is 6.07 Å². The molecule has 1 N–H and O–H groups in total. The van der Waals surface area contributed by atoms with Gasteiger partial charge in [0.15, 0.2) is 5.69 Å². The van der Waals surface area contributed by atoms with Crippen molar-refractivity contribution in [3.63, 3.8) is 0 Å². The summed E-state index contributed by atoms with van der Waals surface area (Å²) in [6.07, 6.45) is -3.73. The first-order valence-corrected chi connectivity index (χ1v) is 7.15. The molecular weight excluding hydrogens is 301 g/mol. The van der Waals surface area contributed by atoms with Crippen molar-refractivity contribution in [2.75, 3.05) is 30.9 Å². The summed E-state index contributed by atoms with van der Waals surface area (Å²) in [5.41, 5.74) is -0.945. The highest BCUT2D eigenvalue weighted by Crippen LogP contribution is 2.30. The third kappa shape index (κ3) is 4.07. The summed E-state index contributed by atoms with van der Waals surface area (Å²) in [5.74, 6) is 0.209. The van der Waals surface area contributed by atoms with Gasteiger partial charge in [-0.15, -0.1) is 11.3 Å². The van der Waals surface area contributed by atoms with Crippen molar-refractivity contribution in [1.82, 2.24) is 9.97 Å². The Bertz CT molecular complexity index is 584. The van der Waals surface area contributed by atoms with Gasteiger partial charge < -0.3 is 10.2 Å². The van der Waals surface area contributed by atoms with E-state index in [2.05, 4.69) is 15.3 Å². The molecule has 0 bridgehead atoms. The highest BCUT2D eigenvalue weighted by Gasteiger charge is 2.34. The van der Waals surface area contributed by atoms with Crippen LogP contribution in [-0.4, -0.2) is 30.6 Å². The smallest absolute Gasteiger partial charge is 0.359 e. The van der Waals surface area contributed by atoms with Crippen molar-refractivity contribution < 1.29 is 13.2 Å². The third-order valence-corrected chi connectivity index (χ3v) is 3.83. The van der Waals surface area contributed by atoms with E-state index in [-0.39, 0.29) is 11.8 Å². The molecule has 0 amide bonds. The van der Waals surface area contributed by atoms with Crippen LogP contribution in [0, 0.1) is 0 Å². The Morgan fingerprint density at radius 2 is 2.10 bits per heavy atom. The predicted octanol–water partition coefficient (Wildman–Crippen LogP) is 3.28. The first-order valence-electron chi connectivity index (χ1n) is 6.27. The van der Waals surface area contributed by atoms with Crippen molar-refractivity contribution in [3.05, 3.63) is 34.2 Å². The van der Waals surface area contributed by atoms with Crippen LogP contribution in [0.4, 0.5) is 24.9 Å². The maximum atomic E-state index is 12.8. The van der Waals surface area contributed by atoms with E-state index in [4.69, 9.17) is 0 Å². The molecule has 0 aliphatic heterocycles. The molecule has 21 heavy (non-hydrogen) atoms. The van der Waals surface area contributed by atoms with E-state index in [1.54, 1.807) is 23.3 Å². The minimum atomic E-state index is -4.49. The van der Waals surface area contributed by atoms with Gasteiger partial charge in [-0.25, -0.2) is 4.98 Å². The third-order valence-electron chi connectivity index (χ3n) is 2.89. The van der Waals surface area contributed by atoms with Gasteiger partial charge in [0.1, 0.15) is 5.82 Å². The normalized spacial score (nSPS) is 11.5. The van der Waals surface area contributed by atoms with Gasteiger partial charge in [0.25, 0.3) is 0 Å². The standard InChI is InChI=1S/C13H15F3N4S/c1-17-12-18-10(13(14,15)16)8-11(19-12)20(2)6-5-9-4-3-7-21-9/h3-4,7-8H,5-6H2,1-2H3,(H,17,18,19). The molecule has 2 aromatic rings. The molecule has 0 fully saturated rings. The Balaban J connectivity index is 2.17. The van der Waals surface area contributed by atoms with E-state index in [1.165, 1.54) is 11.9 Å². The molecule has 0 unspecified atom stereocenters. The lowest BCUT2D eigenvalue weighted by Gasteiger charge is -2.19. The summed E-state index contributed by atoms with van der Waals surface area (Å²) in [4.78, 5) is 10.4. The topological polar surface area (TPSA) is 41.1 Å². The Hall–Kier alpha value is -1.83. The van der Waals surface area contributed by atoms with Gasteiger partial charge >= 0.3 is 6.18 Å². The van der Waals surface area contributed by atoms with Crippen LogP contribution in [0.3, 0.4) is 0 Å². The van der Waals surface area contributed by atoms with Gasteiger partial charge in [0, 0.05) is 31.6 Å². The van der Waals surface area contributed by atoms with E-state index in [9.17, 15) is 13.2 Å². The number of aromatic nitrogens is 2. The van der Waals surface area contributed by atoms with Crippen molar-refractivity contribution in [3.8, 4) is 0 Å². The second-order valence-electron chi connectivity index (χ2n) is 4.43. The number of nitrogens with one attached hydrogen (secondary N) is 1. The summed E-state index contributed by atoms with van der Waals surface area (Å²) < 4.78 is 38.5. The number of halogens is 3. The van der Waals surface area contributed by atoms with Crippen molar-refractivity contribution in [2.45, 2.75) is 12.6 Å². The second-order valence-corrected chi connectivity index (χ2v) is 5.47. The zero-order valence-corrected chi connectivity index (χ0v) is 12.4. The molecule has 0 aliphatic carbocycles.